The Morgan fingerprint density at radius 3 is 2.52 bits per heavy atom. The topological polar surface area (TPSA) is 117 Å². The Hall–Kier alpha value is -2.89. The molecule has 0 unspecified atom stereocenters. The van der Waals surface area contributed by atoms with Crippen molar-refractivity contribution >= 4 is 52.0 Å². The largest absolute Gasteiger partial charge is 0.338 e. The van der Waals surface area contributed by atoms with Crippen molar-refractivity contribution < 1.29 is 14.4 Å². The van der Waals surface area contributed by atoms with E-state index in [9.17, 15) is 14.4 Å². The standard InChI is InChI=1S/C21H21ClN6O3S2/c1-11-17(33-12(2)24-11)21(31)28-7-4-13(5-8-28)20-25-15(10-32-20)19(30)27-26-18(29)14-3-6-23-16(22)9-14/h3,6,9-10,13H,4-5,7-8H2,1-2H3,(H,26,29)(H,27,30). The molecule has 2 N–H and O–H groups in total. The van der Waals surface area contributed by atoms with Crippen LogP contribution in [0.2, 0.25) is 5.15 Å². The highest BCUT2D eigenvalue weighted by atomic mass is 35.5. The van der Waals surface area contributed by atoms with Crippen molar-refractivity contribution in [3.8, 4) is 0 Å². The number of nitrogens with one attached hydrogen (secondary N) is 2. The van der Waals surface area contributed by atoms with Gasteiger partial charge in [0.25, 0.3) is 17.7 Å². The van der Waals surface area contributed by atoms with Gasteiger partial charge in [0.1, 0.15) is 15.7 Å². The van der Waals surface area contributed by atoms with Crippen LogP contribution in [0.4, 0.5) is 0 Å². The first-order valence-electron chi connectivity index (χ1n) is 10.2. The van der Waals surface area contributed by atoms with Crippen LogP contribution in [0.3, 0.4) is 0 Å². The van der Waals surface area contributed by atoms with Gasteiger partial charge in [-0.1, -0.05) is 11.6 Å². The smallest absolute Gasteiger partial charge is 0.289 e. The van der Waals surface area contributed by atoms with Crippen molar-refractivity contribution in [2.45, 2.75) is 32.6 Å². The minimum absolute atomic E-state index is 0.0296. The quantitative estimate of drug-likeness (QED) is 0.415. The highest BCUT2D eigenvalue weighted by molar-refractivity contribution is 7.13. The summed E-state index contributed by atoms with van der Waals surface area (Å²) < 4.78 is 0. The zero-order chi connectivity index (χ0) is 23.5. The third-order valence-electron chi connectivity index (χ3n) is 5.26. The minimum Gasteiger partial charge on any atom is -0.338 e. The molecule has 33 heavy (non-hydrogen) atoms. The molecule has 12 heteroatoms. The molecule has 0 aliphatic carbocycles. The maximum absolute atomic E-state index is 12.8. The van der Waals surface area contributed by atoms with Crippen LogP contribution in [-0.4, -0.2) is 50.7 Å². The summed E-state index contributed by atoms with van der Waals surface area (Å²) in [4.78, 5) is 52.5. The number of hydrogen-bond acceptors (Lipinski definition) is 8. The molecule has 0 saturated carbocycles. The van der Waals surface area contributed by atoms with Gasteiger partial charge >= 0.3 is 0 Å². The summed E-state index contributed by atoms with van der Waals surface area (Å²) >= 11 is 8.61. The molecule has 0 radical (unpaired) electrons. The molecule has 1 fully saturated rings. The Labute approximate surface area is 203 Å². The van der Waals surface area contributed by atoms with Crippen LogP contribution in [0.1, 0.15) is 65.0 Å². The third kappa shape index (κ3) is 5.37. The minimum atomic E-state index is -0.508. The lowest BCUT2D eigenvalue weighted by Crippen LogP contribution is -2.41. The van der Waals surface area contributed by atoms with E-state index in [1.165, 1.54) is 41.0 Å². The van der Waals surface area contributed by atoms with Crippen LogP contribution in [0.5, 0.6) is 0 Å². The maximum atomic E-state index is 12.8. The SMILES string of the molecule is Cc1nc(C)c(C(=O)N2CCC(c3nc(C(=O)NNC(=O)c4ccnc(Cl)c4)cs3)CC2)s1. The lowest BCUT2D eigenvalue weighted by atomic mass is 9.97. The van der Waals surface area contributed by atoms with Gasteiger partial charge in [-0.15, -0.1) is 22.7 Å². The monoisotopic (exact) mass is 504 g/mol. The summed E-state index contributed by atoms with van der Waals surface area (Å²) in [6.07, 6.45) is 2.96. The second-order valence-electron chi connectivity index (χ2n) is 7.56. The highest BCUT2D eigenvalue weighted by Gasteiger charge is 2.28. The Bertz CT molecular complexity index is 1200. The number of carbonyl (C=O) groups excluding carboxylic acids is 3. The average molecular weight is 505 g/mol. The summed E-state index contributed by atoms with van der Waals surface area (Å²) in [6, 6.07) is 2.89. The Kier molecular flexibility index (Phi) is 7.01. The van der Waals surface area contributed by atoms with Crippen molar-refractivity contribution in [3.63, 3.8) is 0 Å². The Morgan fingerprint density at radius 2 is 1.85 bits per heavy atom. The van der Waals surface area contributed by atoms with Crippen LogP contribution in [-0.2, 0) is 0 Å². The predicted molar refractivity (Wildman–Crippen MR) is 126 cm³/mol. The number of aromatic nitrogens is 3. The van der Waals surface area contributed by atoms with Crippen molar-refractivity contribution in [2.24, 2.45) is 0 Å². The number of carbonyl (C=O) groups is 3. The van der Waals surface area contributed by atoms with Crippen molar-refractivity contribution in [1.29, 1.82) is 0 Å². The number of nitrogens with zero attached hydrogens (tertiary/aromatic N) is 4. The molecule has 9 nitrogen and oxygen atoms in total. The fourth-order valence-corrected chi connectivity index (χ4v) is 5.61. The van der Waals surface area contributed by atoms with Crippen LogP contribution in [0.15, 0.2) is 23.7 Å². The number of piperidine rings is 1. The fraction of sp³-hybridized carbons (Fsp3) is 0.333. The van der Waals surface area contributed by atoms with Gasteiger partial charge in [0, 0.05) is 36.1 Å². The number of likely N-dealkylation sites (tertiary alicyclic amines) is 1. The van der Waals surface area contributed by atoms with Gasteiger partial charge in [0.2, 0.25) is 0 Å². The van der Waals surface area contributed by atoms with Gasteiger partial charge in [-0.25, -0.2) is 15.0 Å². The molecule has 0 spiro atoms. The molecule has 0 aromatic carbocycles. The van der Waals surface area contributed by atoms with E-state index >= 15 is 0 Å². The summed E-state index contributed by atoms with van der Waals surface area (Å²) in [6.45, 7) is 5.02. The zero-order valence-corrected chi connectivity index (χ0v) is 20.3. The first kappa shape index (κ1) is 23.3. The molecule has 4 rings (SSSR count). The molecule has 0 bridgehead atoms. The molecule has 3 aromatic heterocycles. The van der Waals surface area contributed by atoms with Crippen LogP contribution >= 0.6 is 34.3 Å². The highest BCUT2D eigenvalue weighted by Crippen LogP contribution is 2.31. The molecule has 1 aliphatic rings. The molecule has 172 valence electrons. The summed E-state index contributed by atoms with van der Waals surface area (Å²) in [5.41, 5.74) is 6.00. The first-order valence-corrected chi connectivity index (χ1v) is 12.3. The fourth-order valence-electron chi connectivity index (χ4n) is 3.58. The lowest BCUT2D eigenvalue weighted by molar-refractivity contribution is 0.0716. The van der Waals surface area contributed by atoms with E-state index in [2.05, 4.69) is 25.8 Å². The number of hydrazine groups is 1. The van der Waals surface area contributed by atoms with Crippen LogP contribution in [0.25, 0.3) is 0 Å². The Morgan fingerprint density at radius 1 is 1.12 bits per heavy atom. The van der Waals surface area contributed by atoms with Gasteiger partial charge in [0.05, 0.1) is 15.7 Å². The molecule has 1 saturated heterocycles. The first-order chi connectivity index (χ1) is 15.8. The number of thiazole rings is 2. The zero-order valence-electron chi connectivity index (χ0n) is 17.9. The average Bonchev–Trinajstić information content (AvgIpc) is 3.43. The third-order valence-corrected chi connectivity index (χ3v) is 7.54. The second kappa shape index (κ2) is 9.94. The number of pyridine rings is 1. The van der Waals surface area contributed by atoms with E-state index in [1.807, 2.05) is 18.7 Å². The number of halogens is 1. The summed E-state index contributed by atoms with van der Waals surface area (Å²) in [5, 5.41) is 3.59. The number of aryl methyl sites for hydroxylation is 2. The predicted octanol–water partition coefficient (Wildman–Crippen LogP) is 3.36. The molecule has 3 aromatic rings. The number of rotatable bonds is 4. The van der Waals surface area contributed by atoms with Gasteiger partial charge in [-0.3, -0.25) is 25.2 Å². The summed E-state index contributed by atoms with van der Waals surface area (Å²) in [5.74, 6) is -0.804. The van der Waals surface area contributed by atoms with E-state index < -0.39 is 11.8 Å². The summed E-state index contributed by atoms with van der Waals surface area (Å²) in [7, 11) is 0. The number of amides is 3. The molecular formula is C21H21ClN6O3S2. The van der Waals surface area contributed by atoms with Gasteiger partial charge < -0.3 is 4.90 Å². The van der Waals surface area contributed by atoms with Gasteiger partial charge in [0.15, 0.2) is 0 Å². The van der Waals surface area contributed by atoms with E-state index in [0.717, 1.165) is 28.6 Å². The van der Waals surface area contributed by atoms with Crippen LogP contribution < -0.4 is 10.9 Å². The second-order valence-corrected chi connectivity index (χ2v) is 10.0. The molecule has 1 aliphatic heterocycles. The molecule has 0 atom stereocenters. The normalized spacial score (nSPS) is 14.2. The molecule has 3 amide bonds. The van der Waals surface area contributed by atoms with E-state index in [-0.39, 0.29) is 28.2 Å². The van der Waals surface area contributed by atoms with Gasteiger partial charge in [-0.2, -0.15) is 0 Å². The number of hydrogen-bond donors (Lipinski definition) is 2. The van der Waals surface area contributed by atoms with E-state index in [0.29, 0.717) is 18.0 Å². The molecular weight excluding hydrogens is 484 g/mol. The van der Waals surface area contributed by atoms with Gasteiger partial charge in [-0.05, 0) is 38.8 Å². The van der Waals surface area contributed by atoms with Crippen molar-refractivity contribution in [1.82, 2.24) is 30.7 Å². The van der Waals surface area contributed by atoms with Crippen molar-refractivity contribution in [2.75, 3.05) is 13.1 Å². The maximum Gasteiger partial charge on any atom is 0.289 e. The van der Waals surface area contributed by atoms with Crippen molar-refractivity contribution in [3.05, 3.63) is 60.7 Å². The van der Waals surface area contributed by atoms with E-state index in [4.69, 9.17) is 11.6 Å². The lowest BCUT2D eigenvalue weighted by Gasteiger charge is -2.30. The molecule has 4 heterocycles. The Balaban J connectivity index is 1.30. The van der Waals surface area contributed by atoms with Crippen LogP contribution in [0, 0.1) is 13.8 Å². The van der Waals surface area contributed by atoms with E-state index in [1.54, 1.807) is 5.38 Å².